The van der Waals surface area contributed by atoms with Gasteiger partial charge in [0.25, 0.3) is 5.91 Å². The van der Waals surface area contributed by atoms with Crippen molar-refractivity contribution < 1.29 is 14.3 Å². The zero-order valence-electron chi connectivity index (χ0n) is 12.6. The van der Waals surface area contributed by atoms with Crippen molar-refractivity contribution >= 4 is 51.9 Å². The van der Waals surface area contributed by atoms with E-state index >= 15 is 0 Å². The van der Waals surface area contributed by atoms with Crippen molar-refractivity contribution in [3.63, 3.8) is 0 Å². The van der Waals surface area contributed by atoms with Gasteiger partial charge in [0.05, 0.1) is 23.3 Å². The van der Waals surface area contributed by atoms with Crippen molar-refractivity contribution in [1.29, 1.82) is 0 Å². The standard InChI is InChI=1S/C17H12N2O3S2/c1-22-16(21)12-2-4-13(5-3-12)19-15(20)14(24-17(19)23)10-11-6-8-18-9-7-11/h2-10H,1H3. The van der Waals surface area contributed by atoms with E-state index in [1.807, 2.05) is 12.1 Å². The second-order valence-corrected chi connectivity index (χ2v) is 6.51. The van der Waals surface area contributed by atoms with Gasteiger partial charge in [0.15, 0.2) is 4.32 Å². The Labute approximate surface area is 148 Å². The second kappa shape index (κ2) is 6.94. The smallest absolute Gasteiger partial charge is 0.337 e. The Kier molecular flexibility index (Phi) is 4.73. The lowest BCUT2D eigenvalue weighted by Crippen LogP contribution is -2.27. The summed E-state index contributed by atoms with van der Waals surface area (Å²) < 4.78 is 5.11. The van der Waals surface area contributed by atoms with E-state index in [0.29, 0.717) is 20.5 Å². The van der Waals surface area contributed by atoms with E-state index in [4.69, 9.17) is 12.2 Å². The first-order valence-corrected chi connectivity index (χ1v) is 8.19. The lowest BCUT2D eigenvalue weighted by Gasteiger charge is -2.14. The predicted octanol–water partition coefficient (Wildman–Crippen LogP) is 3.27. The van der Waals surface area contributed by atoms with E-state index in [2.05, 4.69) is 9.72 Å². The summed E-state index contributed by atoms with van der Waals surface area (Å²) in [7, 11) is 1.32. The van der Waals surface area contributed by atoms with E-state index < -0.39 is 5.97 Å². The first-order valence-electron chi connectivity index (χ1n) is 6.96. The molecule has 1 aromatic heterocycles. The number of hydrogen-bond acceptors (Lipinski definition) is 6. The minimum atomic E-state index is -0.426. The minimum absolute atomic E-state index is 0.187. The molecule has 1 aliphatic heterocycles. The number of aromatic nitrogens is 1. The fourth-order valence-corrected chi connectivity index (χ4v) is 3.46. The molecule has 7 heteroatoms. The molecule has 1 aliphatic rings. The number of thioether (sulfide) groups is 1. The number of carbonyl (C=O) groups excluding carboxylic acids is 2. The van der Waals surface area contributed by atoms with Crippen LogP contribution in [0.1, 0.15) is 15.9 Å². The van der Waals surface area contributed by atoms with Gasteiger partial charge in [0.2, 0.25) is 0 Å². The minimum Gasteiger partial charge on any atom is -0.465 e. The van der Waals surface area contributed by atoms with E-state index in [9.17, 15) is 9.59 Å². The molecule has 5 nitrogen and oxygen atoms in total. The maximum absolute atomic E-state index is 12.6. The third-order valence-electron chi connectivity index (χ3n) is 3.34. The van der Waals surface area contributed by atoms with Crippen molar-refractivity contribution in [2.45, 2.75) is 0 Å². The molecule has 0 bridgehead atoms. The number of ether oxygens (including phenoxy) is 1. The van der Waals surface area contributed by atoms with Crippen molar-refractivity contribution in [2.24, 2.45) is 0 Å². The van der Waals surface area contributed by atoms with Gasteiger partial charge in [-0.25, -0.2) is 4.79 Å². The van der Waals surface area contributed by atoms with Gasteiger partial charge in [-0.15, -0.1) is 0 Å². The van der Waals surface area contributed by atoms with Crippen LogP contribution in [0.4, 0.5) is 5.69 Å². The van der Waals surface area contributed by atoms with Crippen LogP contribution in [0.25, 0.3) is 6.08 Å². The maximum atomic E-state index is 12.6. The molecule has 0 radical (unpaired) electrons. The largest absolute Gasteiger partial charge is 0.465 e. The fourth-order valence-electron chi connectivity index (χ4n) is 2.17. The number of rotatable bonds is 3. The molecule has 2 heterocycles. The second-order valence-electron chi connectivity index (χ2n) is 4.84. The number of hydrogen-bond donors (Lipinski definition) is 0. The van der Waals surface area contributed by atoms with Crippen LogP contribution in [-0.2, 0) is 9.53 Å². The summed E-state index contributed by atoms with van der Waals surface area (Å²) >= 11 is 6.57. The molecule has 0 spiro atoms. The van der Waals surface area contributed by atoms with Crippen molar-refractivity contribution in [3.8, 4) is 0 Å². The van der Waals surface area contributed by atoms with Crippen LogP contribution >= 0.6 is 24.0 Å². The number of nitrogens with zero attached hydrogens (tertiary/aromatic N) is 2. The zero-order chi connectivity index (χ0) is 17.1. The summed E-state index contributed by atoms with van der Waals surface area (Å²) in [5.74, 6) is -0.614. The van der Waals surface area contributed by atoms with Gasteiger partial charge >= 0.3 is 5.97 Å². The maximum Gasteiger partial charge on any atom is 0.337 e. The number of anilines is 1. The molecule has 2 aromatic rings. The number of carbonyl (C=O) groups is 2. The predicted molar refractivity (Wildman–Crippen MR) is 97.7 cm³/mol. The number of benzene rings is 1. The van der Waals surface area contributed by atoms with Crippen LogP contribution in [0.2, 0.25) is 0 Å². The van der Waals surface area contributed by atoms with E-state index in [-0.39, 0.29) is 5.91 Å². The van der Waals surface area contributed by atoms with Crippen LogP contribution in [0.3, 0.4) is 0 Å². The Morgan fingerprint density at radius 3 is 2.50 bits per heavy atom. The van der Waals surface area contributed by atoms with Crippen molar-refractivity contribution in [2.75, 3.05) is 12.0 Å². The molecule has 0 saturated carbocycles. The number of methoxy groups -OCH3 is 1. The first-order chi connectivity index (χ1) is 11.6. The fraction of sp³-hybridized carbons (Fsp3) is 0.0588. The highest BCUT2D eigenvalue weighted by Gasteiger charge is 2.33. The Morgan fingerprint density at radius 2 is 1.88 bits per heavy atom. The Bertz CT molecular complexity index is 833. The van der Waals surface area contributed by atoms with Gasteiger partial charge in [-0.3, -0.25) is 14.7 Å². The molecule has 1 saturated heterocycles. The first kappa shape index (κ1) is 16.4. The lowest BCUT2D eigenvalue weighted by atomic mass is 10.2. The summed E-state index contributed by atoms with van der Waals surface area (Å²) in [5.41, 5.74) is 1.91. The third kappa shape index (κ3) is 3.22. The number of esters is 1. The van der Waals surface area contributed by atoms with Gasteiger partial charge in [0, 0.05) is 12.4 Å². The molecule has 0 N–H and O–H groups in total. The van der Waals surface area contributed by atoms with Crippen LogP contribution in [0.5, 0.6) is 0 Å². The van der Waals surface area contributed by atoms with Gasteiger partial charge in [-0.05, 0) is 48.0 Å². The molecule has 24 heavy (non-hydrogen) atoms. The van der Waals surface area contributed by atoms with E-state index in [1.165, 1.54) is 23.8 Å². The Morgan fingerprint density at radius 1 is 1.21 bits per heavy atom. The number of thiocarbonyl (C=S) groups is 1. The Hall–Kier alpha value is -2.51. The zero-order valence-corrected chi connectivity index (χ0v) is 14.3. The van der Waals surface area contributed by atoms with Crippen molar-refractivity contribution in [3.05, 3.63) is 64.8 Å². The van der Waals surface area contributed by atoms with Gasteiger partial charge in [-0.1, -0.05) is 24.0 Å². The van der Waals surface area contributed by atoms with Gasteiger partial charge < -0.3 is 4.74 Å². The molecule has 0 unspecified atom stereocenters. The molecule has 1 amide bonds. The average Bonchev–Trinajstić information content (AvgIpc) is 2.89. The average molecular weight is 356 g/mol. The summed E-state index contributed by atoms with van der Waals surface area (Å²) in [5, 5.41) is 0. The van der Waals surface area contributed by atoms with Crippen molar-refractivity contribution in [1.82, 2.24) is 4.98 Å². The van der Waals surface area contributed by atoms with Crippen LogP contribution in [0.15, 0.2) is 53.7 Å². The molecule has 3 rings (SSSR count). The summed E-state index contributed by atoms with van der Waals surface area (Å²) in [6.07, 6.45) is 5.11. The number of pyridine rings is 1. The van der Waals surface area contributed by atoms with E-state index in [0.717, 1.165) is 5.56 Å². The third-order valence-corrected chi connectivity index (χ3v) is 4.65. The molecule has 1 fully saturated rings. The molecular formula is C17H12N2O3S2. The topological polar surface area (TPSA) is 59.5 Å². The normalized spacial score (nSPS) is 15.9. The number of amides is 1. The van der Waals surface area contributed by atoms with Crippen LogP contribution in [0, 0.1) is 0 Å². The highest BCUT2D eigenvalue weighted by atomic mass is 32.2. The highest BCUT2D eigenvalue weighted by molar-refractivity contribution is 8.27. The summed E-state index contributed by atoms with van der Waals surface area (Å²) in [4.78, 5) is 30.1. The monoisotopic (exact) mass is 356 g/mol. The molecule has 0 aliphatic carbocycles. The summed E-state index contributed by atoms with van der Waals surface area (Å²) in [6, 6.07) is 10.2. The Balaban J connectivity index is 1.87. The van der Waals surface area contributed by atoms with E-state index in [1.54, 1.807) is 42.7 Å². The molecule has 0 atom stereocenters. The highest BCUT2D eigenvalue weighted by Crippen LogP contribution is 2.36. The summed E-state index contributed by atoms with van der Waals surface area (Å²) in [6.45, 7) is 0. The molecular weight excluding hydrogens is 344 g/mol. The lowest BCUT2D eigenvalue weighted by molar-refractivity contribution is -0.113. The van der Waals surface area contributed by atoms with Gasteiger partial charge in [-0.2, -0.15) is 0 Å². The van der Waals surface area contributed by atoms with Crippen LogP contribution in [-0.4, -0.2) is 28.3 Å². The molecule has 120 valence electrons. The molecule has 1 aromatic carbocycles. The SMILES string of the molecule is COC(=O)c1ccc(N2C(=O)C(=Cc3ccncc3)SC2=S)cc1. The van der Waals surface area contributed by atoms with Gasteiger partial charge in [0.1, 0.15) is 0 Å². The van der Waals surface area contributed by atoms with Crippen LogP contribution < -0.4 is 4.90 Å². The quantitative estimate of drug-likeness (QED) is 0.478.